The molecule has 1 rings (SSSR count). The topological polar surface area (TPSA) is 49.3 Å². The molecule has 0 aromatic heterocycles. The highest BCUT2D eigenvalue weighted by atomic mass is 19.1. The highest BCUT2D eigenvalue weighted by Gasteiger charge is 2.17. The van der Waals surface area contributed by atoms with Gasteiger partial charge in [0.25, 0.3) is 0 Å². The van der Waals surface area contributed by atoms with Crippen molar-refractivity contribution in [3.8, 4) is 0 Å². The van der Waals surface area contributed by atoms with Crippen LogP contribution in [0, 0.1) is 11.6 Å². The molecule has 1 aromatic rings. The minimum atomic E-state index is -1.38. The smallest absolute Gasteiger partial charge is 0.219 e. The van der Waals surface area contributed by atoms with Crippen molar-refractivity contribution in [1.29, 1.82) is 0 Å². The van der Waals surface area contributed by atoms with Crippen molar-refractivity contribution < 1.29 is 18.7 Å². The van der Waals surface area contributed by atoms with E-state index in [1.165, 1.54) is 6.07 Å². The summed E-state index contributed by atoms with van der Waals surface area (Å²) in [6.45, 7) is 1.44. The van der Waals surface area contributed by atoms with E-state index >= 15 is 0 Å². The average Bonchev–Trinajstić information content (AvgIpc) is 2.25. The van der Waals surface area contributed by atoms with Crippen molar-refractivity contribution in [1.82, 2.24) is 5.32 Å². The Hall–Kier alpha value is -1.49. The van der Waals surface area contributed by atoms with Gasteiger partial charge < -0.3 is 10.4 Å². The molecule has 1 amide bonds. The van der Waals surface area contributed by atoms with Gasteiger partial charge in [0.1, 0.15) is 17.7 Å². The molecule has 3 nitrogen and oxygen atoms in total. The normalized spacial score (nSPS) is 12.2. The molecule has 1 unspecified atom stereocenters. The fourth-order valence-corrected chi connectivity index (χ4v) is 1.27. The Bertz CT molecular complexity index is 362. The Morgan fingerprint density at radius 3 is 2.50 bits per heavy atom. The van der Waals surface area contributed by atoms with Crippen LogP contribution in [-0.4, -0.2) is 17.6 Å². The number of halogens is 2. The molecule has 0 saturated carbocycles. The first-order valence-corrected chi connectivity index (χ1v) is 4.95. The molecule has 0 radical (unpaired) electrons. The van der Waals surface area contributed by atoms with E-state index in [4.69, 9.17) is 0 Å². The largest absolute Gasteiger partial charge is 0.386 e. The van der Waals surface area contributed by atoms with E-state index in [-0.39, 0.29) is 18.9 Å². The summed E-state index contributed by atoms with van der Waals surface area (Å²) in [7, 11) is 0. The van der Waals surface area contributed by atoms with Gasteiger partial charge in [-0.1, -0.05) is 13.0 Å². The summed E-state index contributed by atoms with van der Waals surface area (Å²) in [5.74, 6) is -1.92. The summed E-state index contributed by atoms with van der Waals surface area (Å²) in [5.41, 5.74) is -0.418. The second kappa shape index (κ2) is 5.55. The van der Waals surface area contributed by atoms with E-state index in [0.717, 1.165) is 12.1 Å². The quantitative estimate of drug-likeness (QED) is 0.822. The molecule has 0 aliphatic rings. The SMILES string of the molecule is CCC(=O)NCC(O)c1c(F)cccc1F. The standard InChI is InChI=1S/C11H13F2NO2/c1-2-10(16)14-6-9(15)11-7(12)4-3-5-8(11)13/h3-5,9,15H,2,6H2,1H3,(H,14,16). The van der Waals surface area contributed by atoms with Crippen molar-refractivity contribution in [3.05, 3.63) is 35.4 Å². The first-order valence-electron chi connectivity index (χ1n) is 4.95. The molecule has 0 aliphatic heterocycles. The number of carbonyl (C=O) groups is 1. The molecule has 0 aliphatic carbocycles. The minimum absolute atomic E-state index is 0.204. The van der Waals surface area contributed by atoms with Gasteiger partial charge in [0.05, 0.1) is 5.56 Å². The molecule has 0 bridgehead atoms. The van der Waals surface area contributed by atoms with Crippen LogP contribution in [0.5, 0.6) is 0 Å². The lowest BCUT2D eigenvalue weighted by molar-refractivity contribution is -0.121. The van der Waals surface area contributed by atoms with Gasteiger partial charge in [-0.3, -0.25) is 4.79 Å². The first-order chi connectivity index (χ1) is 7.56. The number of nitrogens with one attached hydrogen (secondary N) is 1. The number of carbonyl (C=O) groups excluding carboxylic acids is 1. The van der Waals surface area contributed by atoms with E-state index in [2.05, 4.69) is 5.32 Å². The van der Waals surface area contributed by atoms with Crippen molar-refractivity contribution in [2.24, 2.45) is 0 Å². The minimum Gasteiger partial charge on any atom is -0.386 e. The van der Waals surface area contributed by atoms with Crippen molar-refractivity contribution in [3.63, 3.8) is 0 Å². The highest BCUT2D eigenvalue weighted by Crippen LogP contribution is 2.19. The van der Waals surface area contributed by atoms with Crippen molar-refractivity contribution in [2.45, 2.75) is 19.4 Å². The summed E-state index contributed by atoms with van der Waals surface area (Å²) in [6, 6.07) is 3.33. The van der Waals surface area contributed by atoms with Crippen LogP contribution in [0.2, 0.25) is 0 Å². The molecule has 88 valence electrons. The number of hydrogen-bond donors (Lipinski definition) is 2. The predicted molar refractivity (Wildman–Crippen MR) is 54.6 cm³/mol. The maximum atomic E-state index is 13.2. The third-order valence-electron chi connectivity index (χ3n) is 2.15. The van der Waals surface area contributed by atoms with E-state index in [0.29, 0.717) is 0 Å². The van der Waals surface area contributed by atoms with Gasteiger partial charge in [-0.15, -0.1) is 0 Å². The fraction of sp³-hybridized carbons (Fsp3) is 0.364. The van der Waals surface area contributed by atoms with Crippen LogP contribution >= 0.6 is 0 Å². The van der Waals surface area contributed by atoms with Gasteiger partial charge in [-0.25, -0.2) is 8.78 Å². The number of benzene rings is 1. The lowest BCUT2D eigenvalue weighted by Crippen LogP contribution is -2.28. The molecule has 5 heteroatoms. The van der Waals surface area contributed by atoms with Crippen LogP contribution in [0.1, 0.15) is 25.0 Å². The Labute approximate surface area is 92.1 Å². The molecule has 0 heterocycles. The van der Waals surface area contributed by atoms with Crippen LogP contribution < -0.4 is 5.32 Å². The molecular formula is C11H13F2NO2. The van der Waals surface area contributed by atoms with Crippen molar-refractivity contribution in [2.75, 3.05) is 6.54 Å². The van der Waals surface area contributed by atoms with E-state index in [9.17, 15) is 18.7 Å². The zero-order valence-electron chi connectivity index (χ0n) is 8.84. The molecule has 2 N–H and O–H groups in total. The van der Waals surface area contributed by atoms with Gasteiger partial charge in [-0.2, -0.15) is 0 Å². The van der Waals surface area contributed by atoms with Gasteiger partial charge in [0.2, 0.25) is 5.91 Å². The van der Waals surface area contributed by atoms with Gasteiger partial charge in [0, 0.05) is 13.0 Å². The molecule has 16 heavy (non-hydrogen) atoms. The first kappa shape index (κ1) is 12.6. The number of aliphatic hydroxyl groups is 1. The lowest BCUT2D eigenvalue weighted by Gasteiger charge is -2.13. The monoisotopic (exact) mass is 229 g/mol. The third kappa shape index (κ3) is 3.00. The van der Waals surface area contributed by atoms with Crippen LogP contribution in [0.15, 0.2) is 18.2 Å². The summed E-state index contributed by atoms with van der Waals surface area (Å²) >= 11 is 0. The highest BCUT2D eigenvalue weighted by molar-refractivity contribution is 5.75. The predicted octanol–water partition coefficient (Wildman–Crippen LogP) is 1.52. The fourth-order valence-electron chi connectivity index (χ4n) is 1.27. The molecule has 1 atom stereocenters. The Morgan fingerprint density at radius 2 is 2.00 bits per heavy atom. The average molecular weight is 229 g/mol. The molecule has 1 aromatic carbocycles. The Balaban J connectivity index is 2.73. The van der Waals surface area contributed by atoms with Gasteiger partial charge >= 0.3 is 0 Å². The maximum Gasteiger partial charge on any atom is 0.219 e. The van der Waals surface area contributed by atoms with Crippen LogP contribution in [0.3, 0.4) is 0 Å². The molecule has 0 spiro atoms. The van der Waals surface area contributed by atoms with E-state index < -0.39 is 23.3 Å². The van der Waals surface area contributed by atoms with Crippen LogP contribution in [-0.2, 0) is 4.79 Å². The van der Waals surface area contributed by atoms with Crippen LogP contribution in [0.4, 0.5) is 8.78 Å². The lowest BCUT2D eigenvalue weighted by atomic mass is 10.1. The number of rotatable bonds is 4. The number of hydrogen-bond acceptors (Lipinski definition) is 2. The number of aliphatic hydroxyl groups excluding tert-OH is 1. The molecule has 0 fully saturated rings. The second-order valence-corrected chi connectivity index (χ2v) is 3.31. The van der Waals surface area contributed by atoms with Gasteiger partial charge in [-0.05, 0) is 12.1 Å². The number of amides is 1. The summed E-state index contributed by atoms with van der Waals surface area (Å²) < 4.78 is 26.4. The third-order valence-corrected chi connectivity index (χ3v) is 2.15. The Kier molecular flexibility index (Phi) is 4.37. The van der Waals surface area contributed by atoms with Crippen LogP contribution in [0.25, 0.3) is 0 Å². The second-order valence-electron chi connectivity index (χ2n) is 3.31. The Morgan fingerprint density at radius 1 is 1.44 bits per heavy atom. The molecule has 0 saturated heterocycles. The molecular weight excluding hydrogens is 216 g/mol. The van der Waals surface area contributed by atoms with E-state index in [1.807, 2.05) is 0 Å². The summed E-state index contributed by atoms with van der Waals surface area (Å²) in [5, 5.41) is 11.9. The summed E-state index contributed by atoms with van der Waals surface area (Å²) in [6.07, 6.45) is -1.12. The zero-order valence-corrected chi connectivity index (χ0v) is 8.84. The van der Waals surface area contributed by atoms with Gasteiger partial charge in [0.15, 0.2) is 0 Å². The van der Waals surface area contributed by atoms with E-state index in [1.54, 1.807) is 6.92 Å². The van der Waals surface area contributed by atoms with Crippen molar-refractivity contribution >= 4 is 5.91 Å². The maximum absolute atomic E-state index is 13.2. The zero-order chi connectivity index (χ0) is 12.1. The summed E-state index contributed by atoms with van der Waals surface area (Å²) in [4.78, 5) is 10.9.